The molecule has 14 heavy (non-hydrogen) atoms. The van der Waals surface area contributed by atoms with Crippen LogP contribution in [0.2, 0.25) is 0 Å². The summed E-state index contributed by atoms with van der Waals surface area (Å²) in [6, 6.07) is 8.97. The van der Waals surface area contributed by atoms with Crippen LogP contribution in [0.3, 0.4) is 0 Å². The van der Waals surface area contributed by atoms with Gasteiger partial charge in [-0.1, -0.05) is 36.9 Å². The van der Waals surface area contributed by atoms with Crippen LogP contribution in [0.1, 0.15) is 5.56 Å². The van der Waals surface area contributed by atoms with Crippen molar-refractivity contribution in [3.05, 3.63) is 54.5 Å². The van der Waals surface area contributed by atoms with Crippen LogP contribution in [0.4, 0.5) is 0 Å². The van der Waals surface area contributed by atoms with Gasteiger partial charge in [0.1, 0.15) is 0 Å². The van der Waals surface area contributed by atoms with Gasteiger partial charge in [-0.3, -0.25) is 0 Å². The molecule has 1 aromatic carbocycles. The van der Waals surface area contributed by atoms with E-state index in [4.69, 9.17) is 0 Å². The predicted molar refractivity (Wildman–Crippen MR) is 53.3 cm³/mol. The second kappa shape index (κ2) is 4.87. The number of hydrogen-bond donors (Lipinski definition) is 1. The molecule has 0 unspecified atom stereocenters. The maximum atomic E-state index is 10.9. The summed E-state index contributed by atoms with van der Waals surface area (Å²) in [6.45, 7) is 3.21. The first-order chi connectivity index (χ1) is 6.74. The van der Waals surface area contributed by atoms with Crippen LogP contribution in [0.5, 0.6) is 0 Å². The Labute approximate surface area is 81.9 Å². The van der Waals surface area contributed by atoms with Gasteiger partial charge in [0, 0.05) is 0 Å². The molecule has 0 radical (unpaired) electrons. The average molecular weight is 190 g/mol. The summed E-state index contributed by atoms with van der Waals surface area (Å²) in [5.74, 6) is -1.26. The third kappa shape index (κ3) is 2.79. The van der Waals surface area contributed by atoms with Crippen molar-refractivity contribution in [2.75, 3.05) is 0 Å². The van der Waals surface area contributed by atoms with Crippen LogP contribution in [-0.4, -0.2) is 11.1 Å². The molecule has 0 aliphatic carbocycles. The highest BCUT2D eigenvalue weighted by Gasteiger charge is 2.06. The lowest BCUT2D eigenvalue weighted by atomic mass is 10.2. The van der Waals surface area contributed by atoms with E-state index in [-0.39, 0.29) is 0 Å². The first-order valence-corrected chi connectivity index (χ1v) is 4.01. The fourth-order valence-corrected chi connectivity index (χ4v) is 0.902. The summed E-state index contributed by atoms with van der Waals surface area (Å²) in [6.07, 6.45) is 2.29. The predicted octanol–water partition coefficient (Wildman–Crippen LogP) is 2.27. The van der Waals surface area contributed by atoms with Gasteiger partial charge < -0.3 is 9.84 Å². The van der Waals surface area contributed by atoms with Gasteiger partial charge in [0.2, 0.25) is 5.76 Å². The molecule has 0 aromatic heterocycles. The van der Waals surface area contributed by atoms with Crippen LogP contribution in [0.15, 0.2) is 48.9 Å². The van der Waals surface area contributed by atoms with E-state index in [1.807, 2.05) is 6.07 Å². The molecular weight excluding hydrogens is 180 g/mol. The summed E-state index contributed by atoms with van der Waals surface area (Å²) in [7, 11) is 0. The second-order valence-electron chi connectivity index (χ2n) is 2.51. The van der Waals surface area contributed by atoms with Crippen molar-refractivity contribution in [2.24, 2.45) is 0 Å². The fraction of sp³-hybridized carbons (Fsp3) is 0. The van der Waals surface area contributed by atoms with Gasteiger partial charge in [-0.05, 0) is 11.6 Å². The van der Waals surface area contributed by atoms with E-state index in [9.17, 15) is 9.90 Å². The smallest absolute Gasteiger partial charge is 0.378 e. The molecule has 1 rings (SSSR count). The van der Waals surface area contributed by atoms with Crippen molar-refractivity contribution < 1.29 is 14.6 Å². The molecule has 0 heterocycles. The van der Waals surface area contributed by atoms with Crippen molar-refractivity contribution in [1.29, 1.82) is 0 Å². The third-order valence-corrected chi connectivity index (χ3v) is 1.50. The van der Waals surface area contributed by atoms with Crippen molar-refractivity contribution in [2.45, 2.75) is 0 Å². The van der Waals surface area contributed by atoms with E-state index in [0.29, 0.717) is 0 Å². The Morgan fingerprint density at radius 1 is 1.36 bits per heavy atom. The standard InChI is InChI=1S/C11H10O3/c1-2-14-11(13)10(12)8-9-6-4-3-5-7-9/h2-8,12H,1H2. The molecule has 0 saturated carbocycles. The van der Waals surface area contributed by atoms with Crippen LogP contribution < -0.4 is 0 Å². The first-order valence-electron chi connectivity index (χ1n) is 4.01. The molecule has 3 nitrogen and oxygen atoms in total. The van der Waals surface area contributed by atoms with E-state index in [2.05, 4.69) is 11.3 Å². The Bertz CT molecular complexity index is 352. The maximum absolute atomic E-state index is 10.9. The Kier molecular flexibility index (Phi) is 3.49. The average Bonchev–Trinajstić information content (AvgIpc) is 2.19. The molecule has 0 fully saturated rings. The van der Waals surface area contributed by atoms with Gasteiger partial charge in [0.05, 0.1) is 6.26 Å². The second-order valence-corrected chi connectivity index (χ2v) is 2.51. The number of benzene rings is 1. The molecule has 0 amide bonds. The lowest BCUT2D eigenvalue weighted by Gasteiger charge is -1.97. The van der Waals surface area contributed by atoms with Gasteiger partial charge in [-0.15, -0.1) is 0 Å². The quantitative estimate of drug-likeness (QED) is 0.452. The molecule has 1 N–H and O–H groups in total. The van der Waals surface area contributed by atoms with E-state index < -0.39 is 11.7 Å². The van der Waals surface area contributed by atoms with E-state index in [0.717, 1.165) is 11.8 Å². The molecule has 1 aromatic rings. The molecule has 0 bridgehead atoms. The number of carbonyl (C=O) groups is 1. The number of esters is 1. The summed E-state index contributed by atoms with van der Waals surface area (Å²) in [4.78, 5) is 10.9. The molecular formula is C11H10O3. The third-order valence-electron chi connectivity index (χ3n) is 1.50. The molecule has 3 heteroatoms. The van der Waals surface area contributed by atoms with Crippen molar-refractivity contribution in [3.8, 4) is 0 Å². The number of ether oxygens (including phenoxy) is 1. The first kappa shape index (κ1) is 10.1. The molecule has 0 spiro atoms. The minimum atomic E-state index is -0.816. The summed E-state index contributed by atoms with van der Waals surface area (Å²) in [5, 5.41) is 9.24. The summed E-state index contributed by atoms with van der Waals surface area (Å²) >= 11 is 0. The topological polar surface area (TPSA) is 46.5 Å². The van der Waals surface area contributed by atoms with Crippen molar-refractivity contribution >= 4 is 12.0 Å². The number of aliphatic hydroxyl groups excluding tert-OH is 1. The van der Waals surface area contributed by atoms with Crippen LogP contribution in [0.25, 0.3) is 6.08 Å². The maximum Gasteiger partial charge on any atom is 0.378 e. The largest absolute Gasteiger partial charge is 0.502 e. The molecule has 72 valence electrons. The Hall–Kier alpha value is -2.03. The van der Waals surface area contributed by atoms with Crippen LogP contribution in [-0.2, 0) is 9.53 Å². The number of hydrogen-bond acceptors (Lipinski definition) is 3. The van der Waals surface area contributed by atoms with Crippen molar-refractivity contribution in [3.63, 3.8) is 0 Å². The van der Waals surface area contributed by atoms with Gasteiger partial charge in [-0.25, -0.2) is 4.79 Å². The molecule has 0 aliphatic heterocycles. The zero-order valence-electron chi connectivity index (χ0n) is 7.51. The van der Waals surface area contributed by atoms with Gasteiger partial charge in [-0.2, -0.15) is 0 Å². The highest BCUT2D eigenvalue weighted by atomic mass is 16.5. The van der Waals surface area contributed by atoms with Gasteiger partial charge in [0.25, 0.3) is 0 Å². The lowest BCUT2D eigenvalue weighted by Crippen LogP contribution is -2.02. The summed E-state index contributed by atoms with van der Waals surface area (Å²) in [5.41, 5.74) is 0.728. The van der Waals surface area contributed by atoms with Gasteiger partial charge >= 0.3 is 5.97 Å². The highest BCUT2D eigenvalue weighted by Crippen LogP contribution is 2.05. The molecule has 0 atom stereocenters. The number of aliphatic hydroxyl groups is 1. The number of rotatable bonds is 3. The van der Waals surface area contributed by atoms with Crippen LogP contribution >= 0.6 is 0 Å². The Balaban J connectivity index is 2.78. The summed E-state index contributed by atoms with van der Waals surface area (Å²) < 4.78 is 4.38. The number of carbonyl (C=O) groups excluding carboxylic acids is 1. The minimum absolute atomic E-state index is 0.448. The van der Waals surface area contributed by atoms with Crippen LogP contribution in [0, 0.1) is 0 Å². The Morgan fingerprint density at radius 3 is 2.57 bits per heavy atom. The van der Waals surface area contributed by atoms with E-state index in [1.54, 1.807) is 24.3 Å². The Morgan fingerprint density at radius 2 is 2.00 bits per heavy atom. The molecule has 0 saturated heterocycles. The zero-order chi connectivity index (χ0) is 10.4. The zero-order valence-corrected chi connectivity index (χ0v) is 7.51. The van der Waals surface area contributed by atoms with E-state index >= 15 is 0 Å². The fourth-order valence-electron chi connectivity index (χ4n) is 0.902. The highest BCUT2D eigenvalue weighted by molar-refractivity contribution is 5.91. The van der Waals surface area contributed by atoms with Crippen molar-refractivity contribution in [1.82, 2.24) is 0 Å². The van der Waals surface area contributed by atoms with E-state index in [1.165, 1.54) is 6.08 Å². The minimum Gasteiger partial charge on any atom is -0.502 e. The van der Waals surface area contributed by atoms with Gasteiger partial charge in [0.15, 0.2) is 0 Å². The SMILES string of the molecule is C=COC(=O)C(O)=Cc1ccccc1. The molecule has 0 aliphatic rings. The normalized spacial score (nSPS) is 10.7. The monoisotopic (exact) mass is 190 g/mol. The lowest BCUT2D eigenvalue weighted by molar-refractivity contribution is -0.136.